The molecule has 2 rings (SSSR count). The highest BCUT2D eigenvalue weighted by Crippen LogP contribution is 2.07. The highest BCUT2D eigenvalue weighted by molar-refractivity contribution is 5.95. The number of aromatic nitrogens is 2. The molecule has 2 aromatic heterocycles. The number of Topliss-reactive ketones (excluding diaryl/α,β-unsaturated/α-hetero) is 1. The van der Waals surface area contributed by atoms with Gasteiger partial charge in [0.2, 0.25) is 0 Å². The second-order valence-corrected chi connectivity index (χ2v) is 3.66. The van der Waals surface area contributed by atoms with Gasteiger partial charge in [0, 0.05) is 5.69 Å². The Morgan fingerprint density at radius 2 is 1.65 bits per heavy atom. The number of nitrogens with zero attached hydrogens (tertiary/aromatic N) is 2. The normalized spacial score (nSPS) is 10.1. The maximum Gasteiger partial charge on any atom is 0.187 e. The number of carbonyl (C=O) groups is 1. The minimum Gasteiger partial charge on any atom is -0.397 e. The number of anilines is 2. The monoisotopic (exact) mass is 228 g/mol. The number of nitrogen functional groups attached to an aromatic ring is 2. The van der Waals surface area contributed by atoms with Crippen LogP contribution < -0.4 is 11.5 Å². The lowest BCUT2D eigenvalue weighted by atomic mass is 10.1. The quantitative estimate of drug-likeness (QED) is 0.766. The van der Waals surface area contributed by atoms with Crippen LogP contribution in [0.2, 0.25) is 0 Å². The molecule has 2 aromatic rings. The minimum absolute atomic E-state index is 0.0951. The molecular weight excluding hydrogens is 216 g/mol. The number of ketones is 1. The first kappa shape index (κ1) is 11.1. The van der Waals surface area contributed by atoms with Crippen molar-refractivity contribution >= 4 is 17.2 Å². The van der Waals surface area contributed by atoms with Crippen LogP contribution in [-0.4, -0.2) is 15.8 Å². The van der Waals surface area contributed by atoms with Gasteiger partial charge in [0.25, 0.3) is 0 Å². The summed E-state index contributed by atoms with van der Waals surface area (Å²) in [7, 11) is 0. The molecule has 0 radical (unpaired) electrons. The van der Waals surface area contributed by atoms with Crippen molar-refractivity contribution in [2.45, 2.75) is 6.42 Å². The van der Waals surface area contributed by atoms with Gasteiger partial charge in [-0.3, -0.25) is 14.8 Å². The molecule has 0 atom stereocenters. The van der Waals surface area contributed by atoms with E-state index in [2.05, 4.69) is 9.97 Å². The van der Waals surface area contributed by atoms with E-state index in [1.54, 1.807) is 24.3 Å². The van der Waals surface area contributed by atoms with Crippen molar-refractivity contribution in [3.63, 3.8) is 0 Å². The van der Waals surface area contributed by atoms with E-state index < -0.39 is 0 Å². The van der Waals surface area contributed by atoms with Gasteiger partial charge in [0.15, 0.2) is 5.78 Å². The summed E-state index contributed by atoms with van der Waals surface area (Å²) in [5.41, 5.74) is 13.2. The van der Waals surface area contributed by atoms with Crippen molar-refractivity contribution in [1.29, 1.82) is 0 Å². The van der Waals surface area contributed by atoms with Gasteiger partial charge < -0.3 is 11.5 Å². The van der Waals surface area contributed by atoms with Gasteiger partial charge in [-0.15, -0.1) is 0 Å². The van der Waals surface area contributed by atoms with Crippen molar-refractivity contribution in [3.8, 4) is 0 Å². The second kappa shape index (κ2) is 4.61. The summed E-state index contributed by atoms with van der Waals surface area (Å²) in [6.07, 6.45) is 3.19. The molecule has 5 heteroatoms. The molecule has 0 aliphatic heterocycles. The van der Waals surface area contributed by atoms with Gasteiger partial charge in [-0.1, -0.05) is 0 Å². The Labute approximate surface area is 98.5 Å². The summed E-state index contributed by atoms with van der Waals surface area (Å²) in [4.78, 5) is 19.9. The smallest absolute Gasteiger partial charge is 0.187 e. The number of rotatable bonds is 3. The Morgan fingerprint density at radius 3 is 2.18 bits per heavy atom. The molecule has 0 unspecified atom stereocenters. The Morgan fingerprint density at radius 1 is 1.00 bits per heavy atom. The molecule has 0 bridgehead atoms. The molecule has 0 aliphatic carbocycles. The van der Waals surface area contributed by atoms with Crippen molar-refractivity contribution in [3.05, 3.63) is 48.0 Å². The van der Waals surface area contributed by atoms with Crippen LogP contribution in [0.4, 0.5) is 11.4 Å². The van der Waals surface area contributed by atoms with Crippen LogP contribution in [0, 0.1) is 0 Å². The summed E-state index contributed by atoms with van der Waals surface area (Å²) in [6.45, 7) is 0. The fraction of sp³-hybridized carbons (Fsp3) is 0.0833. The third-order valence-corrected chi connectivity index (χ3v) is 2.26. The Balaban J connectivity index is 2.11. The molecule has 0 saturated heterocycles. The average Bonchev–Trinajstić information content (AvgIpc) is 2.33. The average molecular weight is 228 g/mol. The predicted octanol–water partition coefficient (Wildman–Crippen LogP) is 1.07. The number of hydrogen-bond donors (Lipinski definition) is 2. The van der Waals surface area contributed by atoms with Crippen LogP contribution in [0.3, 0.4) is 0 Å². The largest absolute Gasteiger partial charge is 0.397 e. The highest BCUT2D eigenvalue weighted by Gasteiger charge is 2.08. The van der Waals surface area contributed by atoms with Gasteiger partial charge in [-0.25, -0.2) is 0 Å². The van der Waals surface area contributed by atoms with E-state index in [0.717, 1.165) is 0 Å². The SMILES string of the molecule is Nc1ccc(CC(=O)c2ccc(N)cn2)nc1. The van der Waals surface area contributed by atoms with Gasteiger partial charge >= 0.3 is 0 Å². The standard InChI is InChI=1S/C12H12N4O/c13-8-1-3-10(15-6-8)5-12(17)11-4-2-9(14)7-16-11/h1-4,6-7H,5,13-14H2. The molecule has 0 aliphatic rings. The van der Waals surface area contributed by atoms with E-state index in [4.69, 9.17) is 11.5 Å². The zero-order valence-electron chi connectivity index (χ0n) is 9.13. The van der Waals surface area contributed by atoms with Crippen molar-refractivity contribution in [2.24, 2.45) is 0 Å². The second-order valence-electron chi connectivity index (χ2n) is 3.66. The van der Waals surface area contributed by atoms with Crippen molar-refractivity contribution < 1.29 is 4.79 Å². The predicted molar refractivity (Wildman–Crippen MR) is 65.3 cm³/mol. The molecule has 86 valence electrons. The number of carbonyl (C=O) groups excluding carboxylic acids is 1. The molecule has 2 heterocycles. The summed E-state index contributed by atoms with van der Waals surface area (Å²) in [5, 5.41) is 0. The van der Waals surface area contributed by atoms with Gasteiger partial charge in [0.1, 0.15) is 5.69 Å². The molecule has 0 aromatic carbocycles. The number of hydrogen-bond acceptors (Lipinski definition) is 5. The summed E-state index contributed by atoms with van der Waals surface area (Å²) in [5.74, 6) is -0.0951. The zero-order valence-corrected chi connectivity index (χ0v) is 9.13. The van der Waals surface area contributed by atoms with Crippen LogP contribution in [0.15, 0.2) is 36.7 Å². The van der Waals surface area contributed by atoms with E-state index in [-0.39, 0.29) is 12.2 Å². The maximum atomic E-state index is 11.8. The fourth-order valence-electron chi connectivity index (χ4n) is 1.37. The topological polar surface area (TPSA) is 94.9 Å². The molecule has 4 N–H and O–H groups in total. The molecule has 0 fully saturated rings. The fourth-order valence-corrected chi connectivity index (χ4v) is 1.37. The van der Waals surface area contributed by atoms with E-state index >= 15 is 0 Å². The van der Waals surface area contributed by atoms with Crippen LogP contribution >= 0.6 is 0 Å². The Kier molecular flexibility index (Phi) is 3.00. The van der Waals surface area contributed by atoms with Gasteiger partial charge in [-0.2, -0.15) is 0 Å². The van der Waals surface area contributed by atoms with Crippen LogP contribution in [-0.2, 0) is 6.42 Å². The molecule has 0 amide bonds. The third kappa shape index (κ3) is 2.78. The molecule has 17 heavy (non-hydrogen) atoms. The lowest BCUT2D eigenvalue weighted by molar-refractivity contribution is 0.0987. The Bertz CT molecular complexity index is 519. The van der Waals surface area contributed by atoms with Crippen LogP contribution in [0.5, 0.6) is 0 Å². The lowest BCUT2D eigenvalue weighted by Gasteiger charge is -2.01. The molecule has 0 spiro atoms. The van der Waals surface area contributed by atoms with E-state index in [9.17, 15) is 4.79 Å². The van der Waals surface area contributed by atoms with E-state index in [1.165, 1.54) is 12.4 Å². The first-order valence-electron chi connectivity index (χ1n) is 5.10. The van der Waals surface area contributed by atoms with Crippen LogP contribution in [0.1, 0.15) is 16.2 Å². The number of nitrogens with two attached hydrogens (primary N) is 2. The van der Waals surface area contributed by atoms with Crippen molar-refractivity contribution in [1.82, 2.24) is 9.97 Å². The third-order valence-electron chi connectivity index (χ3n) is 2.26. The maximum absolute atomic E-state index is 11.8. The molecule has 5 nitrogen and oxygen atoms in total. The van der Waals surface area contributed by atoms with Gasteiger partial charge in [0.05, 0.1) is 30.2 Å². The lowest BCUT2D eigenvalue weighted by Crippen LogP contribution is -2.07. The summed E-state index contributed by atoms with van der Waals surface area (Å²) in [6, 6.07) is 6.70. The summed E-state index contributed by atoms with van der Waals surface area (Å²) >= 11 is 0. The molecule has 0 saturated carbocycles. The molecular formula is C12H12N4O. The first-order chi connectivity index (χ1) is 8.15. The summed E-state index contributed by atoms with van der Waals surface area (Å²) < 4.78 is 0. The number of pyridine rings is 2. The van der Waals surface area contributed by atoms with Crippen LogP contribution in [0.25, 0.3) is 0 Å². The van der Waals surface area contributed by atoms with Gasteiger partial charge in [-0.05, 0) is 24.3 Å². The highest BCUT2D eigenvalue weighted by atomic mass is 16.1. The first-order valence-corrected chi connectivity index (χ1v) is 5.10. The van der Waals surface area contributed by atoms with E-state index in [1.807, 2.05) is 0 Å². The minimum atomic E-state index is -0.0951. The zero-order chi connectivity index (χ0) is 12.3. The van der Waals surface area contributed by atoms with Crippen molar-refractivity contribution in [2.75, 3.05) is 11.5 Å². The Hall–Kier alpha value is -2.43. The van der Waals surface area contributed by atoms with E-state index in [0.29, 0.717) is 22.8 Å².